The Morgan fingerprint density at radius 2 is 2.19 bits per heavy atom. The summed E-state index contributed by atoms with van der Waals surface area (Å²) in [7, 11) is 0. The molecule has 0 atom stereocenters. The molecule has 1 aromatic carbocycles. The van der Waals surface area contributed by atoms with Crippen molar-refractivity contribution in [3.63, 3.8) is 0 Å². The van der Waals surface area contributed by atoms with Crippen LogP contribution in [0, 0.1) is 0 Å². The van der Waals surface area contributed by atoms with E-state index in [2.05, 4.69) is 53.7 Å². The topological polar surface area (TPSA) is 29.9 Å². The van der Waals surface area contributed by atoms with E-state index in [4.69, 9.17) is 0 Å². The summed E-state index contributed by atoms with van der Waals surface area (Å²) in [6, 6.07) is 6.00. The van der Waals surface area contributed by atoms with Crippen LogP contribution in [0.15, 0.2) is 39.5 Å². The summed E-state index contributed by atoms with van der Waals surface area (Å²) in [4.78, 5) is 4.27. The summed E-state index contributed by atoms with van der Waals surface area (Å²) in [5.41, 5.74) is 1.00. The number of aryl methyl sites for hydroxylation is 1. The molecule has 0 fully saturated rings. The molecule has 0 spiro atoms. The van der Waals surface area contributed by atoms with E-state index in [0.717, 1.165) is 27.1 Å². The van der Waals surface area contributed by atoms with Crippen molar-refractivity contribution in [3.8, 4) is 0 Å². The average molecular weight is 345 g/mol. The second-order valence-corrected chi connectivity index (χ2v) is 5.06. The van der Waals surface area contributed by atoms with Gasteiger partial charge in [0.25, 0.3) is 0 Å². The van der Waals surface area contributed by atoms with Gasteiger partial charge in [-0.05, 0) is 41.1 Å². The van der Waals surface area contributed by atoms with Crippen LogP contribution in [0.25, 0.3) is 0 Å². The predicted octanol–water partition coefficient (Wildman–Crippen LogP) is 4.17. The van der Waals surface area contributed by atoms with Gasteiger partial charge in [0.15, 0.2) is 0 Å². The number of nitrogens with one attached hydrogen (secondary N) is 1. The summed E-state index contributed by atoms with van der Waals surface area (Å²) in [6.45, 7) is 2.99. The molecule has 0 unspecified atom stereocenters. The van der Waals surface area contributed by atoms with Crippen LogP contribution < -0.4 is 5.32 Å². The fraction of sp³-hybridized carbons (Fsp3) is 0.182. The number of hydrogen-bond donors (Lipinski definition) is 1. The van der Waals surface area contributed by atoms with Crippen molar-refractivity contribution in [1.29, 1.82) is 0 Å². The average Bonchev–Trinajstić information content (AvgIpc) is 2.69. The van der Waals surface area contributed by atoms with Gasteiger partial charge in [0.05, 0.1) is 5.69 Å². The Hall–Kier alpha value is -0.810. The van der Waals surface area contributed by atoms with E-state index in [1.165, 1.54) is 0 Å². The third kappa shape index (κ3) is 2.47. The van der Waals surface area contributed by atoms with Crippen LogP contribution in [0.1, 0.15) is 6.92 Å². The highest BCUT2D eigenvalue weighted by molar-refractivity contribution is 9.11. The fourth-order valence-electron chi connectivity index (χ4n) is 1.40. The van der Waals surface area contributed by atoms with Crippen LogP contribution in [0.3, 0.4) is 0 Å². The van der Waals surface area contributed by atoms with Gasteiger partial charge in [-0.2, -0.15) is 0 Å². The van der Waals surface area contributed by atoms with Gasteiger partial charge in [0, 0.05) is 27.9 Å². The normalized spacial score (nSPS) is 10.4. The van der Waals surface area contributed by atoms with E-state index >= 15 is 0 Å². The Morgan fingerprint density at radius 3 is 2.88 bits per heavy atom. The molecule has 0 aliphatic heterocycles. The Kier molecular flexibility index (Phi) is 3.66. The minimum atomic E-state index is 0.852. The molecule has 5 heteroatoms. The maximum atomic E-state index is 4.27. The number of rotatable bonds is 3. The molecular formula is C11H11Br2N3. The minimum Gasteiger partial charge on any atom is -0.325 e. The lowest BCUT2D eigenvalue weighted by Crippen LogP contribution is -2.01. The molecule has 3 nitrogen and oxygen atoms in total. The van der Waals surface area contributed by atoms with E-state index in [1.54, 1.807) is 6.20 Å². The monoisotopic (exact) mass is 343 g/mol. The number of nitrogens with zero attached hydrogens (tertiary/aromatic N) is 2. The molecule has 0 bridgehead atoms. The molecule has 1 aromatic heterocycles. The molecule has 1 N–H and O–H groups in total. The molecule has 2 rings (SSSR count). The summed E-state index contributed by atoms with van der Waals surface area (Å²) < 4.78 is 4.10. The summed E-state index contributed by atoms with van der Waals surface area (Å²) in [5.74, 6) is 0.852. The van der Waals surface area contributed by atoms with Crippen molar-refractivity contribution in [2.75, 3.05) is 5.32 Å². The molecule has 2 aromatic rings. The molecule has 0 amide bonds. The fourth-order valence-corrected chi connectivity index (χ4v) is 2.55. The zero-order valence-electron chi connectivity index (χ0n) is 8.74. The molecule has 0 aliphatic carbocycles. The number of imidazole rings is 1. The van der Waals surface area contributed by atoms with Crippen molar-refractivity contribution in [1.82, 2.24) is 9.55 Å². The largest absolute Gasteiger partial charge is 0.325 e. The predicted molar refractivity (Wildman–Crippen MR) is 73.0 cm³/mol. The molecule has 0 saturated carbocycles. The number of hydrogen-bond acceptors (Lipinski definition) is 2. The van der Waals surface area contributed by atoms with Crippen LogP contribution in [0.4, 0.5) is 11.6 Å². The first-order valence-electron chi connectivity index (χ1n) is 4.94. The first kappa shape index (κ1) is 11.7. The second kappa shape index (κ2) is 5.01. The molecule has 16 heavy (non-hydrogen) atoms. The van der Waals surface area contributed by atoms with E-state index in [1.807, 2.05) is 24.4 Å². The lowest BCUT2D eigenvalue weighted by molar-refractivity contribution is 0.772. The van der Waals surface area contributed by atoms with Crippen molar-refractivity contribution in [2.24, 2.45) is 0 Å². The van der Waals surface area contributed by atoms with Crippen molar-refractivity contribution in [3.05, 3.63) is 39.5 Å². The molecule has 0 saturated heterocycles. The molecule has 0 aliphatic rings. The summed E-state index contributed by atoms with van der Waals surface area (Å²) >= 11 is 6.93. The maximum absolute atomic E-state index is 4.27. The molecule has 84 valence electrons. The van der Waals surface area contributed by atoms with Crippen LogP contribution in [-0.2, 0) is 6.54 Å². The number of halogens is 2. The Labute approximate surface area is 111 Å². The van der Waals surface area contributed by atoms with Crippen molar-refractivity contribution < 1.29 is 0 Å². The van der Waals surface area contributed by atoms with Crippen LogP contribution >= 0.6 is 31.9 Å². The zero-order chi connectivity index (χ0) is 11.5. The minimum absolute atomic E-state index is 0.852. The van der Waals surface area contributed by atoms with Gasteiger partial charge in [-0.25, -0.2) is 4.98 Å². The Balaban J connectivity index is 2.27. The first-order chi connectivity index (χ1) is 7.70. The standard InChI is InChI=1S/C11H11Br2N3/c1-2-16-6-5-14-11(16)15-10-4-3-8(12)7-9(10)13/h3-7H,2H2,1H3,(H,14,15). The van der Waals surface area contributed by atoms with E-state index in [9.17, 15) is 0 Å². The number of benzene rings is 1. The highest BCUT2D eigenvalue weighted by atomic mass is 79.9. The van der Waals surface area contributed by atoms with Crippen LogP contribution in [0.5, 0.6) is 0 Å². The number of aromatic nitrogens is 2. The van der Waals surface area contributed by atoms with Gasteiger partial charge in [-0.15, -0.1) is 0 Å². The SMILES string of the molecule is CCn1ccnc1Nc1ccc(Br)cc1Br. The second-order valence-electron chi connectivity index (χ2n) is 3.29. The lowest BCUT2D eigenvalue weighted by atomic mass is 10.3. The van der Waals surface area contributed by atoms with Gasteiger partial charge in [-0.3, -0.25) is 0 Å². The van der Waals surface area contributed by atoms with E-state index in [0.29, 0.717) is 0 Å². The molecule has 0 radical (unpaired) electrons. The Bertz CT molecular complexity index is 494. The van der Waals surface area contributed by atoms with Crippen molar-refractivity contribution in [2.45, 2.75) is 13.5 Å². The van der Waals surface area contributed by atoms with E-state index in [-0.39, 0.29) is 0 Å². The highest BCUT2D eigenvalue weighted by Crippen LogP contribution is 2.28. The lowest BCUT2D eigenvalue weighted by Gasteiger charge is -2.09. The van der Waals surface area contributed by atoms with Gasteiger partial charge in [-0.1, -0.05) is 15.9 Å². The van der Waals surface area contributed by atoms with Gasteiger partial charge in [0.1, 0.15) is 0 Å². The zero-order valence-corrected chi connectivity index (χ0v) is 11.9. The van der Waals surface area contributed by atoms with Crippen molar-refractivity contribution >= 4 is 43.5 Å². The Morgan fingerprint density at radius 1 is 1.38 bits per heavy atom. The van der Waals surface area contributed by atoms with Crippen LogP contribution in [0.2, 0.25) is 0 Å². The highest BCUT2D eigenvalue weighted by Gasteiger charge is 2.04. The third-order valence-electron chi connectivity index (χ3n) is 2.23. The smallest absolute Gasteiger partial charge is 0.207 e. The quantitative estimate of drug-likeness (QED) is 0.905. The number of anilines is 2. The molecular weight excluding hydrogens is 334 g/mol. The van der Waals surface area contributed by atoms with Gasteiger partial charge >= 0.3 is 0 Å². The summed E-state index contributed by atoms with van der Waals surface area (Å²) in [5, 5.41) is 3.28. The van der Waals surface area contributed by atoms with Gasteiger partial charge in [0.2, 0.25) is 5.95 Å². The third-order valence-corrected chi connectivity index (χ3v) is 3.38. The van der Waals surface area contributed by atoms with Gasteiger partial charge < -0.3 is 9.88 Å². The maximum Gasteiger partial charge on any atom is 0.207 e. The summed E-state index contributed by atoms with van der Waals surface area (Å²) in [6.07, 6.45) is 3.74. The first-order valence-corrected chi connectivity index (χ1v) is 6.52. The molecule has 1 heterocycles. The van der Waals surface area contributed by atoms with Crippen LogP contribution in [-0.4, -0.2) is 9.55 Å². The van der Waals surface area contributed by atoms with E-state index < -0.39 is 0 Å².